The minimum atomic E-state index is -0.200. The Balaban J connectivity index is 2.37. The van der Waals surface area contributed by atoms with Crippen LogP contribution in [0.3, 0.4) is 0 Å². The number of hydrogen-bond donors (Lipinski definition) is 2. The summed E-state index contributed by atoms with van der Waals surface area (Å²) in [4.78, 5) is 0. The second-order valence-corrected chi connectivity index (χ2v) is 4.32. The lowest BCUT2D eigenvalue weighted by atomic mass is 9.68. The van der Waals surface area contributed by atoms with Crippen molar-refractivity contribution in [1.82, 2.24) is 5.32 Å². The van der Waals surface area contributed by atoms with E-state index < -0.39 is 0 Å². The third kappa shape index (κ3) is 1.10. The molecular formula is C11H16N2. The summed E-state index contributed by atoms with van der Waals surface area (Å²) in [6.45, 7) is 5.15. The molecule has 1 aliphatic heterocycles. The van der Waals surface area contributed by atoms with E-state index in [0.29, 0.717) is 0 Å². The summed E-state index contributed by atoms with van der Waals surface area (Å²) in [5.74, 6) is 0. The predicted molar refractivity (Wildman–Crippen MR) is 54.4 cm³/mol. The van der Waals surface area contributed by atoms with E-state index in [4.69, 9.17) is 5.73 Å². The zero-order valence-electron chi connectivity index (χ0n) is 8.17. The molecule has 1 atom stereocenters. The van der Waals surface area contributed by atoms with Crippen LogP contribution in [0, 0.1) is 0 Å². The first-order valence-electron chi connectivity index (χ1n) is 4.66. The van der Waals surface area contributed by atoms with E-state index in [9.17, 15) is 0 Å². The van der Waals surface area contributed by atoms with Gasteiger partial charge in [0.15, 0.2) is 0 Å². The number of benzene rings is 1. The van der Waals surface area contributed by atoms with Crippen molar-refractivity contribution >= 4 is 0 Å². The highest BCUT2D eigenvalue weighted by molar-refractivity contribution is 5.33. The molecule has 1 fully saturated rings. The molecule has 0 spiro atoms. The smallest absolute Gasteiger partial charge is 0.0715 e. The number of rotatable bonds is 1. The van der Waals surface area contributed by atoms with Crippen molar-refractivity contribution in [2.45, 2.75) is 24.9 Å². The minimum absolute atomic E-state index is 0.00829. The van der Waals surface area contributed by atoms with E-state index in [0.717, 1.165) is 6.54 Å². The van der Waals surface area contributed by atoms with Crippen LogP contribution >= 0.6 is 0 Å². The quantitative estimate of drug-likeness (QED) is 0.675. The van der Waals surface area contributed by atoms with Crippen LogP contribution in [0.15, 0.2) is 30.3 Å². The fraction of sp³-hybridized carbons (Fsp3) is 0.455. The lowest BCUT2D eigenvalue weighted by Gasteiger charge is -2.55. The van der Waals surface area contributed by atoms with Crippen molar-refractivity contribution in [1.29, 1.82) is 0 Å². The second kappa shape index (κ2) is 2.56. The van der Waals surface area contributed by atoms with Gasteiger partial charge in [0, 0.05) is 12.1 Å². The molecule has 0 aromatic heterocycles. The van der Waals surface area contributed by atoms with Gasteiger partial charge in [-0.05, 0) is 19.4 Å². The SMILES string of the molecule is CC1(C)NCC1(N)c1ccccc1. The van der Waals surface area contributed by atoms with Crippen molar-refractivity contribution in [3.8, 4) is 0 Å². The molecule has 70 valence electrons. The van der Waals surface area contributed by atoms with Gasteiger partial charge in [-0.3, -0.25) is 0 Å². The molecular weight excluding hydrogens is 160 g/mol. The number of nitrogens with one attached hydrogen (secondary N) is 1. The fourth-order valence-corrected chi connectivity index (χ4v) is 1.83. The molecule has 13 heavy (non-hydrogen) atoms. The van der Waals surface area contributed by atoms with Gasteiger partial charge in [0.25, 0.3) is 0 Å². The van der Waals surface area contributed by atoms with Crippen LogP contribution in [0.5, 0.6) is 0 Å². The highest BCUT2D eigenvalue weighted by Gasteiger charge is 2.50. The normalized spacial score (nSPS) is 31.0. The van der Waals surface area contributed by atoms with Crippen LogP contribution < -0.4 is 11.1 Å². The molecule has 1 aliphatic rings. The maximum Gasteiger partial charge on any atom is 0.0715 e. The maximum absolute atomic E-state index is 6.34. The lowest BCUT2D eigenvalue weighted by molar-refractivity contribution is 0.0964. The van der Waals surface area contributed by atoms with Gasteiger partial charge in [-0.1, -0.05) is 30.3 Å². The summed E-state index contributed by atoms with van der Waals surface area (Å²) in [7, 11) is 0. The van der Waals surface area contributed by atoms with E-state index in [2.05, 4.69) is 31.3 Å². The molecule has 0 saturated carbocycles. The first kappa shape index (κ1) is 8.73. The number of nitrogens with two attached hydrogens (primary N) is 1. The molecule has 1 unspecified atom stereocenters. The van der Waals surface area contributed by atoms with Crippen molar-refractivity contribution in [3.63, 3.8) is 0 Å². The monoisotopic (exact) mass is 176 g/mol. The molecule has 1 heterocycles. The molecule has 3 N–H and O–H groups in total. The van der Waals surface area contributed by atoms with Crippen LogP contribution in [0.1, 0.15) is 19.4 Å². The molecule has 0 amide bonds. The van der Waals surface area contributed by atoms with Crippen LogP contribution in [0.4, 0.5) is 0 Å². The van der Waals surface area contributed by atoms with Gasteiger partial charge in [-0.25, -0.2) is 0 Å². The Bertz CT molecular complexity index is 305. The highest BCUT2D eigenvalue weighted by Crippen LogP contribution is 2.36. The van der Waals surface area contributed by atoms with Gasteiger partial charge >= 0.3 is 0 Å². The first-order chi connectivity index (χ1) is 6.06. The summed E-state index contributed by atoms with van der Waals surface area (Å²) >= 11 is 0. The van der Waals surface area contributed by atoms with Gasteiger partial charge in [0.2, 0.25) is 0 Å². The van der Waals surface area contributed by atoms with E-state index in [-0.39, 0.29) is 11.1 Å². The van der Waals surface area contributed by atoms with Crippen LogP contribution in [-0.4, -0.2) is 12.1 Å². The largest absolute Gasteiger partial charge is 0.319 e. The molecule has 2 rings (SSSR count). The Labute approximate surface area is 79.1 Å². The average Bonchev–Trinajstić information content (AvgIpc) is 2.16. The third-order valence-corrected chi connectivity index (χ3v) is 3.21. The Morgan fingerprint density at radius 3 is 2.23 bits per heavy atom. The van der Waals surface area contributed by atoms with Crippen molar-refractivity contribution in [2.75, 3.05) is 6.54 Å². The number of hydrogen-bond acceptors (Lipinski definition) is 2. The Morgan fingerprint density at radius 1 is 1.23 bits per heavy atom. The second-order valence-electron chi connectivity index (χ2n) is 4.32. The van der Waals surface area contributed by atoms with E-state index in [1.807, 2.05) is 18.2 Å². The minimum Gasteiger partial charge on any atom is -0.319 e. The summed E-state index contributed by atoms with van der Waals surface area (Å²) in [6.07, 6.45) is 0. The molecule has 1 aromatic rings. The van der Waals surface area contributed by atoms with Gasteiger partial charge in [-0.15, -0.1) is 0 Å². The van der Waals surface area contributed by atoms with E-state index >= 15 is 0 Å². The summed E-state index contributed by atoms with van der Waals surface area (Å²) in [5, 5.41) is 3.35. The lowest BCUT2D eigenvalue weighted by Crippen LogP contribution is -2.76. The molecule has 2 heteroatoms. The average molecular weight is 176 g/mol. The van der Waals surface area contributed by atoms with Crippen LogP contribution in [-0.2, 0) is 5.54 Å². The van der Waals surface area contributed by atoms with E-state index in [1.54, 1.807) is 0 Å². The molecule has 0 radical (unpaired) electrons. The third-order valence-electron chi connectivity index (χ3n) is 3.21. The molecule has 0 aliphatic carbocycles. The Hall–Kier alpha value is -0.860. The van der Waals surface area contributed by atoms with Gasteiger partial charge in [0.1, 0.15) is 0 Å². The summed E-state index contributed by atoms with van der Waals surface area (Å²) in [5.41, 5.74) is 7.37. The molecule has 0 bridgehead atoms. The predicted octanol–water partition coefficient (Wildman–Crippen LogP) is 1.22. The molecule has 2 nitrogen and oxygen atoms in total. The van der Waals surface area contributed by atoms with Crippen molar-refractivity contribution in [2.24, 2.45) is 5.73 Å². The van der Waals surface area contributed by atoms with Crippen molar-refractivity contribution < 1.29 is 0 Å². The molecule has 1 saturated heterocycles. The molecule has 1 aromatic carbocycles. The highest BCUT2D eigenvalue weighted by atomic mass is 15.2. The van der Waals surface area contributed by atoms with Crippen molar-refractivity contribution in [3.05, 3.63) is 35.9 Å². The summed E-state index contributed by atoms with van der Waals surface area (Å²) in [6, 6.07) is 10.3. The zero-order valence-corrected chi connectivity index (χ0v) is 8.17. The van der Waals surface area contributed by atoms with Gasteiger partial charge in [0.05, 0.1) is 5.54 Å². The summed E-state index contributed by atoms with van der Waals surface area (Å²) < 4.78 is 0. The van der Waals surface area contributed by atoms with Crippen LogP contribution in [0.25, 0.3) is 0 Å². The van der Waals surface area contributed by atoms with Crippen LogP contribution in [0.2, 0.25) is 0 Å². The first-order valence-corrected chi connectivity index (χ1v) is 4.66. The fourth-order valence-electron chi connectivity index (χ4n) is 1.83. The Morgan fingerprint density at radius 2 is 1.85 bits per heavy atom. The Kier molecular flexibility index (Phi) is 1.72. The maximum atomic E-state index is 6.34. The van der Waals surface area contributed by atoms with Gasteiger partial charge in [-0.2, -0.15) is 0 Å². The van der Waals surface area contributed by atoms with Gasteiger partial charge < -0.3 is 11.1 Å². The van der Waals surface area contributed by atoms with E-state index in [1.165, 1.54) is 5.56 Å². The topological polar surface area (TPSA) is 38.0 Å². The zero-order chi connectivity index (χ0) is 9.53. The standard InChI is InChI=1S/C11H16N2/c1-10(2)11(12,8-13-10)9-6-4-3-5-7-9/h3-7,13H,8,12H2,1-2H3.